The number of carboxylic acids is 1. The van der Waals surface area contributed by atoms with Crippen LogP contribution in [0.1, 0.15) is 21.5 Å². The predicted molar refractivity (Wildman–Crippen MR) is 110 cm³/mol. The van der Waals surface area contributed by atoms with E-state index in [0.717, 1.165) is 23.0 Å². The van der Waals surface area contributed by atoms with E-state index in [2.05, 4.69) is 0 Å². The zero-order valence-corrected chi connectivity index (χ0v) is 16.7. The molecule has 4 nitrogen and oxygen atoms in total. The highest BCUT2D eigenvalue weighted by atomic mass is 35.5. The minimum absolute atomic E-state index is 0.0215. The summed E-state index contributed by atoms with van der Waals surface area (Å²) in [5.41, 5.74) is 1.70. The van der Waals surface area contributed by atoms with Crippen molar-refractivity contribution in [2.24, 2.45) is 0 Å². The van der Waals surface area contributed by atoms with Crippen molar-refractivity contribution < 1.29 is 27.8 Å². The summed E-state index contributed by atoms with van der Waals surface area (Å²) in [4.78, 5) is 11.2. The molecule has 0 saturated heterocycles. The van der Waals surface area contributed by atoms with Crippen molar-refractivity contribution in [2.75, 3.05) is 0 Å². The van der Waals surface area contributed by atoms with Crippen LogP contribution in [0.4, 0.5) is 13.2 Å². The number of hydrogen-bond donors (Lipinski definition) is 1. The molecule has 0 fully saturated rings. The molecule has 3 aromatic carbocycles. The van der Waals surface area contributed by atoms with Crippen molar-refractivity contribution in [1.82, 2.24) is 4.57 Å². The molecule has 0 aliphatic rings. The fraction of sp³-hybridized carbons (Fsp3) is 0.0870. The Kier molecular flexibility index (Phi) is 5.61. The Bertz CT molecular complexity index is 1300. The van der Waals surface area contributed by atoms with E-state index in [0.29, 0.717) is 11.3 Å². The number of fused-ring (bicyclic) bond motifs is 1. The Balaban J connectivity index is 1.61. The van der Waals surface area contributed by atoms with Crippen LogP contribution in [0.3, 0.4) is 0 Å². The van der Waals surface area contributed by atoms with Gasteiger partial charge in [-0.3, -0.25) is 0 Å². The number of halogens is 4. The van der Waals surface area contributed by atoms with E-state index in [-0.39, 0.29) is 29.3 Å². The lowest BCUT2D eigenvalue weighted by Crippen LogP contribution is -2.05. The highest BCUT2D eigenvalue weighted by Crippen LogP contribution is 2.27. The molecule has 4 aromatic rings. The van der Waals surface area contributed by atoms with E-state index in [1.807, 2.05) is 4.57 Å². The van der Waals surface area contributed by atoms with E-state index in [4.69, 9.17) is 21.4 Å². The lowest BCUT2D eigenvalue weighted by molar-refractivity contribution is 0.0697. The molecule has 0 spiro atoms. The van der Waals surface area contributed by atoms with E-state index in [1.54, 1.807) is 24.4 Å². The lowest BCUT2D eigenvalue weighted by Gasteiger charge is -2.14. The van der Waals surface area contributed by atoms with Gasteiger partial charge in [-0.25, -0.2) is 18.0 Å². The van der Waals surface area contributed by atoms with Crippen LogP contribution in [0.5, 0.6) is 5.75 Å². The van der Waals surface area contributed by atoms with Crippen LogP contribution in [0.15, 0.2) is 60.8 Å². The van der Waals surface area contributed by atoms with Gasteiger partial charge in [0, 0.05) is 28.2 Å². The van der Waals surface area contributed by atoms with Crippen molar-refractivity contribution in [1.29, 1.82) is 0 Å². The van der Waals surface area contributed by atoms with Crippen molar-refractivity contribution in [2.45, 2.75) is 13.2 Å². The van der Waals surface area contributed by atoms with Gasteiger partial charge in [0.2, 0.25) is 0 Å². The Morgan fingerprint density at radius 3 is 2.52 bits per heavy atom. The van der Waals surface area contributed by atoms with Gasteiger partial charge in [-0.2, -0.15) is 0 Å². The third-order valence-corrected chi connectivity index (χ3v) is 5.21. The third-order valence-electron chi connectivity index (χ3n) is 4.85. The summed E-state index contributed by atoms with van der Waals surface area (Å²) in [5, 5.41) is 9.89. The molecule has 0 saturated carbocycles. The number of carbonyl (C=O) groups is 1. The Labute approximate surface area is 180 Å². The van der Waals surface area contributed by atoms with Crippen LogP contribution in [-0.2, 0) is 13.2 Å². The topological polar surface area (TPSA) is 51.5 Å². The quantitative estimate of drug-likeness (QED) is 0.368. The Morgan fingerprint density at radius 1 is 0.968 bits per heavy atom. The number of rotatable bonds is 6. The molecule has 8 heteroatoms. The first kappa shape index (κ1) is 20.8. The van der Waals surface area contributed by atoms with Gasteiger partial charge >= 0.3 is 5.97 Å². The van der Waals surface area contributed by atoms with Crippen molar-refractivity contribution in [3.8, 4) is 5.75 Å². The molecule has 1 heterocycles. The fourth-order valence-corrected chi connectivity index (χ4v) is 3.50. The van der Waals surface area contributed by atoms with Crippen molar-refractivity contribution >= 4 is 28.5 Å². The van der Waals surface area contributed by atoms with Crippen LogP contribution in [0, 0.1) is 17.5 Å². The maximum absolute atomic E-state index is 13.9. The number of ether oxygens (including phenoxy) is 1. The van der Waals surface area contributed by atoms with Gasteiger partial charge in [-0.15, -0.1) is 0 Å². The molecule has 0 unspecified atom stereocenters. The normalized spacial score (nSPS) is 11.1. The second kappa shape index (κ2) is 8.35. The second-order valence-electron chi connectivity index (χ2n) is 6.92. The summed E-state index contributed by atoms with van der Waals surface area (Å²) < 4.78 is 48.3. The monoisotopic (exact) mass is 445 g/mol. The van der Waals surface area contributed by atoms with Crippen LogP contribution >= 0.6 is 11.6 Å². The maximum Gasteiger partial charge on any atom is 0.335 e. The number of aromatic carboxylic acids is 1. The number of aromatic nitrogens is 1. The second-order valence-corrected chi connectivity index (χ2v) is 7.33. The van der Waals surface area contributed by atoms with E-state index in [1.165, 1.54) is 24.3 Å². The molecule has 0 aliphatic heterocycles. The van der Waals surface area contributed by atoms with Crippen molar-refractivity contribution in [3.63, 3.8) is 0 Å². The molecular weight excluding hydrogens is 431 g/mol. The van der Waals surface area contributed by atoms with E-state index in [9.17, 15) is 18.0 Å². The van der Waals surface area contributed by atoms with Gasteiger partial charge in [0.1, 0.15) is 18.2 Å². The van der Waals surface area contributed by atoms with Gasteiger partial charge in [-0.05, 0) is 54.6 Å². The number of carboxylic acid groups (broad SMARTS) is 1. The standard InChI is InChI=1S/C23H15ClF3NO3/c24-18-10-20(27)19(26)9-16(18)12-31-22-4-2-17(25)8-15(22)11-28-6-5-13-7-14(23(29)30)1-3-21(13)28/h1-10H,11-12H2,(H,29,30). The molecule has 0 bridgehead atoms. The SMILES string of the molecule is O=C(O)c1ccc2c(ccn2Cc2cc(F)ccc2OCc2cc(F)c(F)cc2Cl)c1. The molecule has 31 heavy (non-hydrogen) atoms. The average Bonchev–Trinajstić information content (AvgIpc) is 3.13. The van der Waals surface area contributed by atoms with Gasteiger partial charge in [0.25, 0.3) is 0 Å². The highest BCUT2D eigenvalue weighted by molar-refractivity contribution is 6.31. The van der Waals surface area contributed by atoms with Crippen molar-refractivity contribution in [3.05, 3.63) is 100.0 Å². The zero-order chi connectivity index (χ0) is 22.1. The summed E-state index contributed by atoms with van der Waals surface area (Å²) >= 11 is 5.96. The smallest absolute Gasteiger partial charge is 0.335 e. The summed E-state index contributed by atoms with van der Waals surface area (Å²) in [5.74, 6) is -3.22. The molecular formula is C23H15ClF3NO3. The highest BCUT2D eigenvalue weighted by Gasteiger charge is 2.13. The minimum Gasteiger partial charge on any atom is -0.488 e. The van der Waals surface area contributed by atoms with Crippen LogP contribution in [0.25, 0.3) is 10.9 Å². The zero-order valence-electron chi connectivity index (χ0n) is 15.9. The molecule has 0 atom stereocenters. The summed E-state index contributed by atoms with van der Waals surface area (Å²) in [6.07, 6.45) is 1.76. The first-order chi connectivity index (χ1) is 14.8. The maximum atomic E-state index is 13.9. The number of benzene rings is 3. The molecule has 4 rings (SSSR count). The van der Waals surface area contributed by atoms with Gasteiger partial charge in [0.15, 0.2) is 11.6 Å². The van der Waals surface area contributed by atoms with Crippen LogP contribution in [-0.4, -0.2) is 15.6 Å². The third kappa shape index (κ3) is 4.36. The molecule has 158 valence electrons. The largest absolute Gasteiger partial charge is 0.488 e. The molecule has 1 aromatic heterocycles. The first-order valence-electron chi connectivity index (χ1n) is 9.18. The summed E-state index contributed by atoms with van der Waals surface area (Å²) in [6, 6.07) is 12.3. The van der Waals surface area contributed by atoms with Gasteiger partial charge in [0.05, 0.1) is 17.1 Å². The number of hydrogen-bond acceptors (Lipinski definition) is 2. The molecule has 0 amide bonds. The minimum atomic E-state index is -1.05. The van der Waals surface area contributed by atoms with E-state index < -0.39 is 23.4 Å². The first-order valence-corrected chi connectivity index (χ1v) is 9.56. The Hall–Kier alpha value is -3.45. The number of nitrogens with zero attached hydrogens (tertiary/aromatic N) is 1. The average molecular weight is 446 g/mol. The summed E-state index contributed by atoms with van der Waals surface area (Å²) in [7, 11) is 0. The van der Waals surface area contributed by atoms with Crippen LogP contribution < -0.4 is 4.74 Å². The Morgan fingerprint density at radius 2 is 1.74 bits per heavy atom. The lowest BCUT2D eigenvalue weighted by atomic mass is 10.1. The molecule has 0 radical (unpaired) electrons. The molecule has 0 aliphatic carbocycles. The van der Waals surface area contributed by atoms with Crippen LogP contribution in [0.2, 0.25) is 5.02 Å². The van der Waals surface area contributed by atoms with Gasteiger partial charge in [-0.1, -0.05) is 11.6 Å². The summed E-state index contributed by atoms with van der Waals surface area (Å²) in [6.45, 7) is 0.109. The van der Waals surface area contributed by atoms with E-state index >= 15 is 0 Å². The molecule has 1 N–H and O–H groups in total. The fourth-order valence-electron chi connectivity index (χ4n) is 3.30. The predicted octanol–water partition coefficient (Wildman–Crippen LogP) is 6.04. The van der Waals surface area contributed by atoms with Gasteiger partial charge < -0.3 is 14.4 Å².